The second-order valence-electron chi connectivity index (χ2n) is 4.38. The number of nitrogens with one attached hydrogen (secondary N) is 1. The van der Waals surface area contributed by atoms with Crippen LogP contribution >= 0.6 is 0 Å². The van der Waals surface area contributed by atoms with E-state index in [1.807, 2.05) is 6.07 Å². The maximum absolute atomic E-state index is 10.9. The molecule has 0 spiro atoms. The Morgan fingerprint density at radius 1 is 1.16 bits per heavy atom. The van der Waals surface area contributed by atoms with E-state index in [0.29, 0.717) is 11.4 Å². The number of hydrogen-bond donors (Lipinski definition) is 3. The zero-order valence-electron chi connectivity index (χ0n) is 10.6. The minimum absolute atomic E-state index is 0.121. The zero-order chi connectivity index (χ0) is 13.8. The monoisotopic (exact) mass is 256 g/mol. The standard InChI is InChI=1S/C15H16N2O2/c1-10(18)17-14-7-5-11(6-8-14)15(19)12-3-2-4-13(16)9-12/h2-9,15,19H,16H2,1H3,(H,17,18). The van der Waals surface area contributed by atoms with Gasteiger partial charge in [0.05, 0.1) is 0 Å². The molecule has 0 saturated heterocycles. The molecular weight excluding hydrogens is 240 g/mol. The van der Waals surface area contributed by atoms with E-state index >= 15 is 0 Å². The molecule has 2 aromatic rings. The number of carbonyl (C=O) groups is 1. The lowest BCUT2D eigenvalue weighted by Crippen LogP contribution is -2.06. The molecule has 0 aliphatic carbocycles. The number of hydrogen-bond acceptors (Lipinski definition) is 3. The summed E-state index contributed by atoms with van der Waals surface area (Å²) in [5, 5.41) is 12.9. The normalized spacial score (nSPS) is 11.9. The third kappa shape index (κ3) is 3.33. The molecule has 0 fully saturated rings. The molecule has 4 heteroatoms. The van der Waals surface area contributed by atoms with Crippen molar-refractivity contribution >= 4 is 17.3 Å². The highest BCUT2D eigenvalue weighted by Gasteiger charge is 2.10. The van der Waals surface area contributed by atoms with E-state index in [2.05, 4.69) is 5.32 Å². The fourth-order valence-electron chi connectivity index (χ4n) is 1.87. The number of carbonyl (C=O) groups excluding carboxylic acids is 1. The highest BCUT2D eigenvalue weighted by molar-refractivity contribution is 5.88. The summed E-state index contributed by atoms with van der Waals surface area (Å²) in [6, 6.07) is 14.2. The molecule has 0 aliphatic heterocycles. The fourth-order valence-corrected chi connectivity index (χ4v) is 1.87. The van der Waals surface area contributed by atoms with Gasteiger partial charge in [-0.1, -0.05) is 24.3 Å². The van der Waals surface area contributed by atoms with Gasteiger partial charge in [-0.05, 0) is 35.4 Å². The molecule has 2 rings (SSSR count). The molecule has 0 aliphatic rings. The summed E-state index contributed by atoms with van der Waals surface area (Å²) in [5.74, 6) is -0.121. The molecule has 1 amide bonds. The van der Waals surface area contributed by atoms with Crippen LogP contribution in [-0.4, -0.2) is 11.0 Å². The van der Waals surface area contributed by atoms with Gasteiger partial charge in [-0.3, -0.25) is 4.79 Å². The first-order valence-electron chi connectivity index (χ1n) is 5.97. The van der Waals surface area contributed by atoms with Gasteiger partial charge in [-0.25, -0.2) is 0 Å². The van der Waals surface area contributed by atoms with E-state index in [0.717, 1.165) is 11.1 Å². The number of rotatable bonds is 3. The highest BCUT2D eigenvalue weighted by Crippen LogP contribution is 2.24. The van der Waals surface area contributed by atoms with E-state index in [4.69, 9.17) is 5.73 Å². The first-order valence-corrected chi connectivity index (χ1v) is 5.97. The number of amides is 1. The molecule has 4 N–H and O–H groups in total. The summed E-state index contributed by atoms with van der Waals surface area (Å²) in [5.41, 5.74) is 8.51. The maximum atomic E-state index is 10.9. The van der Waals surface area contributed by atoms with E-state index in [1.54, 1.807) is 42.5 Å². The second kappa shape index (κ2) is 5.54. The van der Waals surface area contributed by atoms with Crippen LogP contribution in [0.3, 0.4) is 0 Å². The van der Waals surface area contributed by atoms with E-state index in [-0.39, 0.29) is 5.91 Å². The minimum Gasteiger partial charge on any atom is -0.399 e. The number of benzene rings is 2. The van der Waals surface area contributed by atoms with Crippen molar-refractivity contribution in [1.82, 2.24) is 0 Å². The number of aliphatic hydroxyl groups excluding tert-OH is 1. The van der Waals surface area contributed by atoms with Crippen molar-refractivity contribution in [2.45, 2.75) is 13.0 Å². The van der Waals surface area contributed by atoms with E-state index in [1.165, 1.54) is 6.92 Å². The Morgan fingerprint density at radius 3 is 2.42 bits per heavy atom. The molecule has 1 atom stereocenters. The van der Waals surface area contributed by atoms with Crippen molar-refractivity contribution in [2.75, 3.05) is 11.1 Å². The van der Waals surface area contributed by atoms with Crippen molar-refractivity contribution in [1.29, 1.82) is 0 Å². The van der Waals surface area contributed by atoms with Crippen LogP contribution in [0.15, 0.2) is 48.5 Å². The van der Waals surface area contributed by atoms with Gasteiger partial charge >= 0.3 is 0 Å². The van der Waals surface area contributed by atoms with Crippen LogP contribution in [0.5, 0.6) is 0 Å². The van der Waals surface area contributed by atoms with Crippen LogP contribution in [0.4, 0.5) is 11.4 Å². The predicted octanol–water partition coefficient (Wildman–Crippen LogP) is 2.31. The number of nitrogen functional groups attached to an aromatic ring is 1. The zero-order valence-corrected chi connectivity index (χ0v) is 10.6. The van der Waals surface area contributed by atoms with Gasteiger partial charge in [-0.2, -0.15) is 0 Å². The molecule has 0 heterocycles. The Balaban J connectivity index is 2.20. The molecule has 1 unspecified atom stereocenters. The first-order chi connectivity index (χ1) is 9.06. The Labute approximate surface area is 111 Å². The topological polar surface area (TPSA) is 75.3 Å². The van der Waals surface area contributed by atoms with Crippen LogP contribution in [0.2, 0.25) is 0 Å². The first kappa shape index (κ1) is 13.1. The van der Waals surface area contributed by atoms with Crippen LogP contribution in [-0.2, 0) is 4.79 Å². The summed E-state index contributed by atoms with van der Waals surface area (Å²) >= 11 is 0. The summed E-state index contributed by atoms with van der Waals surface area (Å²) in [4.78, 5) is 10.9. The largest absolute Gasteiger partial charge is 0.399 e. The molecule has 2 aromatic carbocycles. The van der Waals surface area contributed by atoms with E-state index < -0.39 is 6.10 Å². The lowest BCUT2D eigenvalue weighted by atomic mass is 10.0. The second-order valence-corrected chi connectivity index (χ2v) is 4.38. The molecule has 0 bridgehead atoms. The van der Waals surface area contributed by atoms with Gasteiger partial charge in [0.25, 0.3) is 0 Å². The molecule has 0 aromatic heterocycles. The lowest BCUT2D eigenvalue weighted by molar-refractivity contribution is -0.114. The summed E-state index contributed by atoms with van der Waals surface area (Å²) in [6.45, 7) is 1.45. The quantitative estimate of drug-likeness (QED) is 0.738. The van der Waals surface area contributed by atoms with Crippen molar-refractivity contribution in [2.24, 2.45) is 0 Å². The van der Waals surface area contributed by atoms with Crippen LogP contribution in [0, 0.1) is 0 Å². The summed E-state index contributed by atoms with van der Waals surface area (Å²) in [6.07, 6.45) is -0.727. The average Bonchev–Trinajstić information content (AvgIpc) is 2.38. The SMILES string of the molecule is CC(=O)Nc1ccc(C(O)c2cccc(N)c2)cc1. The van der Waals surface area contributed by atoms with Crippen molar-refractivity contribution < 1.29 is 9.90 Å². The third-order valence-electron chi connectivity index (χ3n) is 2.77. The Morgan fingerprint density at radius 2 is 1.84 bits per heavy atom. The Hall–Kier alpha value is -2.33. The summed E-state index contributed by atoms with van der Waals surface area (Å²) in [7, 11) is 0. The van der Waals surface area contributed by atoms with E-state index in [9.17, 15) is 9.90 Å². The molecule has 0 saturated carbocycles. The smallest absolute Gasteiger partial charge is 0.221 e. The molecule has 0 radical (unpaired) electrons. The van der Waals surface area contributed by atoms with Gasteiger partial charge in [0.15, 0.2) is 0 Å². The number of nitrogens with two attached hydrogens (primary N) is 1. The number of anilines is 2. The van der Waals surface area contributed by atoms with Gasteiger partial charge in [0.2, 0.25) is 5.91 Å². The Bertz CT molecular complexity index is 579. The molecule has 4 nitrogen and oxygen atoms in total. The van der Waals surface area contributed by atoms with Crippen LogP contribution in [0.1, 0.15) is 24.2 Å². The Kier molecular flexibility index (Phi) is 3.82. The minimum atomic E-state index is -0.727. The maximum Gasteiger partial charge on any atom is 0.221 e. The van der Waals surface area contributed by atoms with Crippen LogP contribution in [0.25, 0.3) is 0 Å². The summed E-state index contributed by atoms with van der Waals surface area (Å²) < 4.78 is 0. The number of aliphatic hydroxyl groups is 1. The molecule has 19 heavy (non-hydrogen) atoms. The van der Waals surface area contributed by atoms with Gasteiger partial charge < -0.3 is 16.2 Å². The molecular formula is C15H16N2O2. The van der Waals surface area contributed by atoms with Crippen molar-refractivity contribution in [3.05, 3.63) is 59.7 Å². The van der Waals surface area contributed by atoms with Crippen molar-refractivity contribution in [3.63, 3.8) is 0 Å². The van der Waals surface area contributed by atoms with Crippen LogP contribution < -0.4 is 11.1 Å². The lowest BCUT2D eigenvalue weighted by Gasteiger charge is -2.12. The van der Waals surface area contributed by atoms with Gasteiger partial charge in [0, 0.05) is 18.3 Å². The average molecular weight is 256 g/mol. The van der Waals surface area contributed by atoms with Crippen molar-refractivity contribution in [3.8, 4) is 0 Å². The van der Waals surface area contributed by atoms with Gasteiger partial charge in [0.1, 0.15) is 6.10 Å². The fraction of sp³-hybridized carbons (Fsp3) is 0.133. The third-order valence-corrected chi connectivity index (χ3v) is 2.77. The predicted molar refractivity (Wildman–Crippen MR) is 75.7 cm³/mol. The molecule has 98 valence electrons. The van der Waals surface area contributed by atoms with Gasteiger partial charge in [-0.15, -0.1) is 0 Å². The highest BCUT2D eigenvalue weighted by atomic mass is 16.3.